The molecule has 20 heavy (non-hydrogen) atoms. The van der Waals surface area contributed by atoms with E-state index >= 15 is 0 Å². The Morgan fingerprint density at radius 2 is 2.25 bits per heavy atom. The highest BCUT2D eigenvalue weighted by Crippen LogP contribution is 2.31. The molecule has 0 aromatic carbocycles. The van der Waals surface area contributed by atoms with Gasteiger partial charge >= 0.3 is 0 Å². The van der Waals surface area contributed by atoms with Crippen LogP contribution in [0.15, 0.2) is 0 Å². The van der Waals surface area contributed by atoms with E-state index < -0.39 is 0 Å². The first kappa shape index (κ1) is 15.0. The van der Waals surface area contributed by atoms with Gasteiger partial charge in [-0.2, -0.15) is 5.10 Å². The van der Waals surface area contributed by atoms with E-state index in [9.17, 15) is 4.79 Å². The monoisotopic (exact) mass is 278 g/mol. The second-order valence-corrected chi connectivity index (χ2v) is 5.91. The standard InChI is InChI=1S/C15H26N4O/c1-5-6-15(7-8-16-10-15)14(20)17-9-13-11(2)18-19(4)12(13)3/h16H,5-10H2,1-4H3,(H,17,20). The van der Waals surface area contributed by atoms with Crippen LogP contribution >= 0.6 is 0 Å². The molecule has 2 rings (SSSR count). The summed E-state index contributed by atoms with van der Waals surface area (Å²) in [6.07, 6.45) is 2.94. The van der Waals surface area contributed by atoms with Gasteiger partial charge in [0, 0.05) is 31.4 Å². The number of aryl methyl sites for hydroxylation is 2. The van der Waals surface area contributed by atoms with Crippen molar-refractivity contribution in [3.63, 3.8) is 0 Å². The fourth-order valence-corrected chi connectivity index (χ4v) is 3.17. The molecule has 1 aromatic rings. The highest BCUT2D eigenvalue weighted by molar-refractivity contribution is 5.83. The van der Waals surface area contributed by atoms with Gasteiger partial charge in [0.25, 0.3) is 0 Å². The van der Waals surface area contributed by atoms with E-state index in [0.717, 1.165) is 49.3 Å². The number of carbonyl (C=O) groups is 1. The summed E-state index contributed by atoms with van der Waals surface area (Å²) in [7, 11) is 1.94. The van der Waals surface area contributed by atoms with Gasteiger partial charge in [-0.05, 0) is 33.2 Å². The number of rotatable bonds is 5. The van der Waals surface area contributed by atoms with Crippen LogP contribution in [0, 0.1) is 19.3 Å². The van der Waals surface area contributed by atoms with Gasteiger partial charge in [0.1, 0.15) is 0 Å². The van der Waals surface area contributed by atoms with E-state index in [1.807, 2.05) is 25.6 Å². The van der Waals surface area contributed by atoms with Crippen molar-refractivity contribution in [1.82, 2.24) is 20.4 Å². The van der Waals surface area contributed by atoms with Gasteiger partial charge in [0.2, 0.25) is 5.91 Å². The fourth-order valence-electron chi connectivity index (χ4n) is 3.17. The number of hydrogen-bond acceptors (Lipinski definition) is 3. The van der Waals surface area contributed by atoms with Crippen molar-refractivity contribution in [3.8, 4) is 0 Å². The van der Waals surface area contributed by atoms with Crippen LogP contribution < -0.4 is 10.6 Å². The summed E-state index contributed by atoms with van der Waals surface area (Å²) < 4.78 is 1.87. The van der Waals surface area contributed by atoms with Crippen molar-refractivity contribution in [1.29, 1.82) is 0 Å². The second kappa shape index (κ2) is 5.95. The quantitative estimate of drug-likeness (QED) is 0.856. The first-order valence-corrected chi connectivity index (χ1v) is 7.48. The van der Waals surface area contributed by atoms with Gasteiger partial charge in [0.15, 0.2) is 0 Å². The molecule has 112 valence electrons. The molecule has 0 spiro atoms. The van der Waals surface area contributed by atoms with E-state index in [1.54, 1.807) is 0 Å². The minimum Gasteiger partial charge on any atom is -0.351 e. The number of aromatic nitrogens is 2. The van der Waals surface area contributed by atoms with Gasteiger partial charge in [-0.1, -0.05) is 13.3 Å². The summed E-state index contributed by atoms with van der Waals surface area (Å²) in [5.74, 6) is 0.187. The third-order valence-electron chi connectivity index (χ3n) is 4.54. The molecule has 2 heterocycles. The van der Waals surface area contributed by atoms with Crippen molar-refractivity contribution >= 4 is 5.91 Å². The summed E-state index contributed by atoms with van der Waals surface area (Å²) in [5.41, 5.74) is 3.05. The van der Waals surface area contributed by atoms with E-state index in [1.165, 1.54) is 0 Å². The van der Waals surface area contributed by atoms with E-state index in [4.69, 9.17) is 0 Å². The SMILES string of the molecule is CCCC1(C(=O)NCc2c(C)nn(C)c2C)CCNC1. The van der Waals surface area contributed by atoms with Crippen molar-refractivity contribution in [3.05, 3.63) is 17.0 Å². The molecule has 5 heteroatoms. The average Bonchev–Trinajstić information content (AvgIpc) is 2.96. The smallest absolute Gasteiger partial charge is 0.227 e. The fraction of sp³-hybridized carbons (Fsp3) is 0.733. The number of hydrogen-bond donors (Lipinski definition) is 2. The zero-order valence-corrected chi connectivity index (χ0v) is 13.0. The molecule has 0 saturated carbocycles. The van der Waals surface area contributed by atoms with Crippen LogP contribution in [0.2, 0.25) is 0 Å². The van der Waals surface area contributed by atoms with Gasteiger partial charge in [-0.25, -0.2) is 0 Å². The molecule has 0 radical (unpaired) electrons. The molecular formula is C15H26N4O. The molecule has 1 aromatic heterocycles. The summed E-state index contributed by atoms with van der Waals surface area (Å²) in [5, 5.41) is 10.8. The molecule has 1 saturated heterocycles. The third-order valence-corrected chi connectivity index (χ3v) is 4.54. The van der Waals surface area contributed by atoms with E-state index in [-0.39, 0.29) is 11.3 Å². The van der Waals surface area contributed by atoms with Crippen molar-refractivity contribution in [2.24, 2.45) is 12.5 Å². The van der Waals surface area contributed by atoms with Gasteiger partial charge in [-0.3, -0.25) is 9.48 Å². The predicted molar refractivity (Wildman–Crippen MR) is 79.4 cm³/mol. The Kier molecular flexibility index (Phi) is 4.48. The van der Waals surface area contributed by atoms with Gasteiger partial charge in [-0.15, -0.1) is 0 Å². The lowest BCUT2D eigenvalue weighted by molar-refractivity contribution is -0.130. The Balaban J connectivity index is 2.04. The van der Waals surface area contributed by atoms with Crippen LogP contribution in [0.25, 0.3) is 0 Å². The topological polar surface area (TPSA) is 59.0 Å². The summed E-state index contributed by atoms with van der Waals surface area (Å²) in [4.78, 5) is 12.6. The molecule has 1 fully saturated rings. The maximum atomic E-state index is 12.6. The first-order valence-electron chi connectivity index (χ1n) is 7.48. The van der Waals surface area contributed by atoms with E-state index in [2.05, 4.69) is 22.7 Å². The van der Waals surface area contributed by atoms with Crippen LogP contribution in [0.1, 0.15) is 43.1 Å². The highest BCUT2D eigenvalue weighted by Gasteiger charge is 2.40. The Hall–Kier alpha value is -1.36. The van der Waals surface area contributed by atoms with Crippen LogP contribution in [0.3, 0.4) is 0 Å². The maximum absolute atomic E-state index is 12.6. The lowest BCUT2D eigenvalue weighted by Gasteiger charge is -2.26. The average molecular weight is 278 g/mol. The summed E-state index contributed by atoms with van der Waals surface area (Å²) in [6, 6.07) is 0. The predicted octanol–water partition coefficient (Wildman–Crippen LogP) is 1.43. The van der Waals surface area contributed by atoms with Crippen LogP contribution in [-0.4, -0.2) is 28.8 Å². The number of nitrogens with zero attached hydrogens (tertiary/aromatic N) is 2. The van der Waals surface area contributed by atoms with Crippen LogP contribution in [-0.2, 0) is 18.4 Å². The normalized spacial score (nSPS) is 22.2. The summed E-state index contributed by atoms with van der Waals surface area (Å²) in [6.45, 7) is 8.50. The van der Waals surface area contributed by atoms with Gasteiger partial charge in [0.05, 0.1) is 11.1 Å². The lowest BCUT2D eigenvalue weighted by Crippen LogP contribution is -2.42. The summed E-state index contributed by atoms with van der Waals surface area (Å²) >= 11 is 0. The Morgan fingerprint density at radius 1 is 1.50 bits per heavy atom. The molecule has 0 bridgehead atoms. The molecule has 0 aliphatic carbocycles. The largest absolute Gasteiger partial charge is 0.351 e. The number of nitrogens with one attached hydrogen (secondary N) is 2. The molecule has 1 aliphatic heterocycles. The molecule has 5 nitrogen and oxygen atoms in total. The number of amides is 1. The minimum absolute atomic E-state index is 0.187. The maximum Gasteiger partial charge on any atom is 0.227 e. The van der Waals surface area contributed by atoms with Crippen LogP contribution in [0.5, 0.6) is 0 Å². The Bertz CT molecular complexity index is 486. The molecule has 1 atom stereocenters. The van der Waals surface area contributed by atoms with Crippen molar-refractivity contribution in [2.75, 3.05) is 13.1 Å². The molecule has 2 N–H and O–H groups in total. The van der Waals surface area contributed by atoms with Gasteiger partial charge < -0.3 is 10.6 Å². The molecule has 1 amide bonds. The second-order valence-electron chi connectivity index (χ2n) is 5.91. The molecule has 1 unspecified atom stereocenters. The highest BCUT2D eigenvalue weighted by atomic mass is 16.2. The molecular weight excluding hydrogens is 252 g/mol. The lowest BCUT2D eigenvalue weighted by atomic mass is 9.81. The van der Waals surface area contributed by atoms with Crippen molar-refractivity contribution < 1.29 is 4.79 Å². The van der Waals surface area contributed by atoms with E-state index in [0.29, 0.717) is 6.54 Å². The Labute approximate surface area is 121 Å². The van der Waals surface area contributed by atoms with Crippen molar-refractivity contribution in [2.45, 2.75) is 46.6 Å². The first-order chi connectivity index (χ1) is 9.50. The molecule has 1 aliphatic rings. The van der Waals surface area contributed by atoms with Crippen LogP contribution in [0.4, 0.5) is 0 Å². The number of carbonyl (C=O) groups excluding carboxylic acids is 1. The third kappa shape index (κ3) is 2.73. The minimum atomic E-state index is -0.210. The zero-order valence-electron chi connectivity index (χ0n) is 13.0. The zero-order chi connectivity index (χ0) is 14.8. The Morgan fingerprint density at radius 3 is 2.75 bits per heavy atom.